The Morgan fingerprint density at radius 2 is 1.94 bits per heavy atom. The van der Waals surface area contributed by atoms with E-state index in [2.05, 4.69) is 4.90 Å². The molecule has 0 aliphatic carbocycles. The van der Waals surface area contributed by atoms with Crippen LogP contribution < -0.4 is 0 Å². The number of benzene rings is 1. The molecule has 0 saturated carbocycles. The van der Waals surface area contributed by atoms with Gasteiger partial charge in [-0.25, -0.2) is 4.79 Å². The Labute approximate surface area is 110 Å². The molecule has 0 bridgehead atoms. The number of hydrogen-bond donors (Lipinski definition) is 2. The van der Waals surface area contributed by atoms with Crippen LogP contribution in [-0.4, -0.2) is 52.3 Å². The van der Waals surface area contributed by atoms with E-state index in [1.54, 1.807) is 12.1 Å². The fourth-order valence-corrected chi connectivity index (χ4v) is 2.21. The average molecular weight is 271 g/mol. The van der Waals surface area contributed by atoms with Crippen LogP contribution in [0.3, 0.4) is 0 Å². The molecule has 0 aromatic heterocycles. The number of carbonyl (C=O) groups is 1. The van der Waals surface area contributed by atoms with Crippen molar-refractivity contribution in [2.24, 2.45) is 0 Å². The molecular formula is C12H15ClN2O3. The molecule has 0 radical (unpaired) electrons. The Morgan fingerprint density at radius 3 is 2.50 bits per heavy atom. The molecule has 18 heavy (non-hydrogen) atoms. The largest absolute Gasteiger partial charge is 0.506 e. The van der Waals surface area contributed by atoms with Crippen molar-refractivity contribution in [3.05, 3.63) is 28.8 Å². The summed E-state index contributed by atoms with van der Waals surface area (Å²) in [6, 6.07) is 5.14. The van der Waals surface area contributed by atoms with Gasteiger partial charge in [-0.3, -0.25) is 4.90 Å². The Kier molecular flexibility index (Phi) is 3.93. The molecule has 1 fully saturated rings. The first kappa shape index (κ1) is 13.0. The molecule has 2 rings (SSSR count). The summed E-state index contributed by atoms with van der Waals surface area (Å²) in [7, 11) is 0. The van der Waals surface area contributed by atoms with Gasteiger partial charge in [-0.15, -0.1) is 0 Å². The van der Waals surface area contributed by atoms with Gasteiger partial charge in [0, 0.05) is 32.7 Å². The van der Waals surface area contributed by atoms with Crippen LogP contribution >= 0.6 is 11.6 Å². The summed E-state index contributed by atoms with van der Waals surface area (Å²) in [6.07, 6.45) is -0.859. The lowest BCUT2D eigenvalue weighted by Crippen LogP contribution is -2.47. The van der Waals surface area contributed by atoms with Gasteiger partial charge >= 0.3 is 6.09 Å². The number of halogens is 1. The zero-order chi connectivity index (χ0) is 13.1. The summed E-state index contributed by atoms with van der Waals surface area (Å²) in [4.78, 5) is 14.3. The summed E-state index contributed by atoms with van der Waals surface area (Å²) in [6.45, 7) is 3.20. The molecule has 0 unspecified atom stereocenters. The number of phenols is 1. The third-order valence-corrected chi connectivity index (χ3v) is 3.36. The fraction of sp³-hybridized carbons (Fsp3) is 0.417. The van der Waals surface area contributed by atoms with E-state index in [4.69, 9.17) is 16.7 Å². The van der Waals surface area contributed by atoms with E-state index in [0.717, 1.165) is 5.56 Å². The maximum absolute atomic E-state index is 10.8. The van der Waals surface area contributed by atoms with Crippen LogP contribution in [0, 0.1) is 0 Å². The minimum Gasteiger partial charge on any atom is -0.506 e. The number of hydrogen-bond acceptors (Lipinski definition) is 3. The Hall–Kier alpha value is -1.46. The minimum absolute atomic E-state index is 0.0797. The number of carboxylic acid groups (broad SMARTS) is 1. The zero-order valence-corrected chi connectivity index (χ0v) is 10.6. The van der Waals surface area contributed by atoms with Crippen molar-refractivity contribution < 1.29 is 15.0 Å². The molecule has 1 heterocycles. The second-order valence-corrected chi connectivity index (χ2v) is 4.74. The first-order valence-corrected chi connectivity index (χ1v) is 6.11. The third kappa shape index (κ3) is 3.05. The van der Waals surface area contributed by atoms with Gasteiger partial charge in [0.1, 0.15) is 5.75 Å². The van der Waals surface area contributed by atoms with E-state index < -0.39 is 6.09 Å². The van der Waals surface area contributed by atoms with Crippen molar-refractivity contribution in [2.75, 3.05) is 26.2 Å². The highest BCUT2D eigenvalue weighted by atomic mass is 35.5. The molecule has 1 aromatic carbocycles. The molecule has 6 heteroatoms. The maximum atomic E-state index is 10.8. The monoisotopic (exact) mass is 270 g/mol. The maximum Gasteiger partial charge on any atom is 0.407 e. The highest BCUT2D eigenvalue weighted by molar-refractivity contribution is 6.32. The molecular weight excluding hydrogens is 256 g/mol. The minimum atomic E-state index is -0.859. The Bertz CT molecular complexity index is 445. The van der Waals surface area contributed by atoms with E-state index in [1.807, 2.05) is 6.07 Å². The van der Waals surface area contributed by atoms with Gasteiger partial charge in [0.05, 0.1) is 5.02 Å². The average Bonchev–Trinajstić information content (AvgIpc) is 2.34. The van der Waals surface area contributed by atoms with Gasteiger partial charge in [-0.1, -0.05) is 17.7 Å². The first-order chi connectivity index (χ1) is 8.56. The molecule has 1 amide bonds. The molecule has 98 valence electrons. The van der Waals surface area contributed by atoms with Crippen LogP contribution in [0.5, 0.6) is 5.75 Å². The summed E-state index contributed by atoms with van der Waals surface area (Å²) < 4.78 is 0. The molecule has 1 aliphatic heterocycles. The van der Waals surface area contributed by atoms with E-state index >= 15 is 0 Å². The van der Waals surface area contributed by atoms with Crippen molar-refractivity contribution in [3.8, 4) is 5.75 Å². The lowest BCUT2D eigenvalue weighted by Gasteiger charge is -2.33. The van der Waals surface area contributed by atoms with Gasteiger partial charge in [0.25, 0.3) is 0 Å². The number of piperazine rings is 1. The van der Waals surface area contributed by atoms with Crippen LogP contribution in [0.15, 0.2) is 18.2 Å². The SMILES string of the molecule is O=C(O)N1CCN(Cc2ccc(O)c(Cl)c2)CC1. The molecule has 0 atom stereocenters. The van der Waals surface area contributed by atoms with E-state index in [1.165, 1.54) is 4.90 Å². The summed E-state index contributed by atoms with van der Waals surface area (Å²) in [5.41, 5.74) is 1.02. The lowest BCUT2D eigenvalue weighted by atomic mass is 10.2. The van der Waals surface area contributed by atoms with Gasteiger partial charge in [-0.2, -0.15) is 0 Å². The first-order valence-electron chi connectivity index (χ1n) is 5.74. The van der Waals surface area contributed by atoms with Crippen molar-refractivity contribution in [1.29, 1.82) is 0 Å². The highest BCUT2D eigenvalue weighted by Gasteiger charge is 2.20. The van der Waals surface area contributed by atoms with Crippen molar-refractivity contribution >= 4 is 17.7 Å². The van der Waals surface area contributed by atoms with Crippen molar-refractivity contribution in [1.82, 2.24) is 9.80 Å². The summed E-state index contributed by atoms with van der Waals surface area (Å²) in [5, 5.41) is 18.5. The zero-order valence-electron chi connectivity index (χ0n) is 9.84. The number of amides is 1. The topological polar surface area (TPSA) is 64.0 Å². The van der Waals surface area contributed by atoms with Crippen molar-refractivity contribution in [3.63, 3.8) is 0 Å². The second-order valence-electron chi connectivity index (χ2n) is 4.33. The van der Waals surface area contributed by atoms with Crippen LogP contribution in [0.2, 0.25) is 5.02 Å². The molecule has 2 N–H and O–H groups in total. The number of phenolic OH excluding ortho intramolecular Hbond substituents is 1. The molecule has 1 aliphatic rings. The predicted molar refractivity (Wildman–Crippen MR) is 68.0 cm³/mol. The Morgan fingerprint density at radius 1 is 1.28 bits per heavy atom. The molecule has 1 saturated heterocycles. The molecule has 0 spiro atoms. The smallest absolute Gasteiger partial charge is 0.407 e. The number of rotatable bonds is 2. The van der Waals surface area contributed by atoms with Gasteiger partial charge < -0.3 is 15.1 Å². The van der Waals surface area contributed by atoms with E-state index in [0.29, 0.717) is 37.7 Å². The van der Waals surface area contributed by atoms with Gasteiger partial charge in [-0.05, 0) is 17.7 Å². The normalized spacial score (nSPS) is 16.8. The van der Waals surface area contributed by atoms with Gasteiger partial charge in [0.2, 0.25) is 0 Å². The predicted octanol–water partition coefficient (Wildman–Crippen LogP) is 1.84. The van der Waals surface area contributed by atoms with Crippen molar-refractivity contribution in [2.45, 2.75) is 6.54 Å². The van der Waals surface area contributed by atoms with E-state index in [-0.39, 0.29) is 5.75 Å². The lowest BCUT2D eigenvalue weighted by molar-refractivity contribution is 0.103. The van der Waals surface area contributed by atoms with Gasteiger partial charge in [0.15, 0.2) is 0 Å². The van der Waals surface area contributed by atoms with Crippen LogP contribution in [0.25, 0.3) is 0 Å². The number of aromatic hydroxyl groups is 1. The van der Waals surface area contributed by atoms with Crippen LogP contribution in [0.4, 0.5) is 4.79 Å². The summed E-state index contributed by atoms with van der Waals surface area (Å²) >= 11 is 5.84. The quantitative estimate of drug-likeness (QED) is 0.861. The highest BCUT2D eigenvalue weighted by Crippen LogP contribution is 2.24. The van der Waals surface area contributed by atoms with E-state index in [9.17, 15) is 9.90 Å². The number of nitrogens with zero attached hydrogens (tertiary/aromatic N) is 2. The Balaban J connectivity index is 1.91. The summed E-state index contributed by atoms with van der Waals surface area (Å²) in [5.74, 6) is 0.0797. The molecule has 1 aromatic rings. The standard InChI is InChI=1S/C12H15ClN2O3/c13-10-7-9(1-2-11(10)16)8-14-3-5-15(6-4-14)12(17)18/h1-2,7,16H,3-6,8H2,(H,17,18). The second kappa shape index (κ2) is 5.46. The van der Waals surface area contributed by atoms with Crippen LogP contribution in [-0.2, 0) is 6.54 Å². The molecule has 5 nitrogen and oxygen atoms in total. The van der Waals surface area contributed by atoms with Crippen LogP contribution in [0.1, 0.15) is 5.56 Å². The fourth-order valence-electron chi connectivity index (χ4n) is 2.00. The third-order valence-electron chi connectivity index (χ3n) is 3.06.